The Morgan fingerprint density at radius 3 is 2.58 bits per heavy atom. The van der Waals surface area contributed by atoms with Gasteiger partial charge in [0.2, 0.25) is 0 Å². The van der Waals surface area contributed by atoms with Crippen molar-refractivity contribution in [2.75, 3.05) is 14.2 Å². The summed E-state index contributed by atoms with van der Waals surface area (Å²) >= 11 is 0. The smallest absolute Gasteiger partial charge is 0.340 e. The first kappa shape index (κ1) is 13.1. The third-order valence-corrected chi connectivity index (χ3v) is 2.84. The third-order valence-electron chi connectivity index (χ3n) is 2.84. The van der Waals surface area contributed by atoms with Gasteiger partial charge in [-0.15, -0.1) is 0 Å². The highest BCUT2D eigenvalue weighted by Crippen LogP contribution is 2.32. The van der Waals surface area contributed by atoms with Gasteiger partial charge < -0.3 is 9.47 Å². The fourth-order valence-electron chi connectivity index (χ4n) is 1.92. The standard InChI is InChI=1S/C15H15NO3/c1-10-8-12(13(9-16-10)15(17)19-3)11-6-4-5-7-14(11)18-2/h4-9H,1-3H3. The van der Waals surface area contributed by atoms with Crippen molar-refractivity contribution in [3.05, 3.63) is 47.8 Å². The molecule has 0 radical (unpaired) electrons. The molecule has 1 aromatic heterocycles. The maximum absolute atomic E-state index is 11.8. The Kier molecular flexibility index (Phi) is 3.80. The summed E-state index contributed by atoms with van der Waals surface area (Å²) in [4.78, 5) is 16.0. The lowest BCUT2D eigenvalue weighted by molar-refractivity contribution is 0.0601. The number of para-hydroxylation sites is 1. The molecule has 0 aliphatic carbocycles. The lowest BCUT2D eigenvalue weighted by Crippen LogP contribution is -2.05. The van der Waals surface area contributed by atoms with E-state index in [4.69, 9.17) is 9.47 Å². The van der Waals surface area contributed by atoms with E-state index >= 15 is 0 Å². The van der Waals surface area contributed by atoms with Gasteiger partial charge in [-0.1, -0.05) is 18.2 Å². The van der Waals surface area contributed by atoms with Crippen LogP contribution >= 0.6 is 0 Å². The molecule has 2 rings (SSSR count). The Balaban J connectivity index is 2.66. The number of hydrogen-bond donors (Lipinski definition) is 0. The van der Waals surface area contributed by atoms with Crippen LogP contribution < -0.4 is 4.74 Å². The van der Waals surface area contributed by atoms with Crippen LogP contribution in [0.5, 0.6) is 5.75 Å². The largest absolute Gasteiger partial charge is 0.496 e. The van der Waals surface area contributed by atoms with Gasteiger partial charge in [0.25, 0.3) is 0 Å². The number of hydrogen-bond acceptors (Lipinski definition) is 4. The van der Waals surface area contributed by atoms with Crippen molar-refractivity contribution in [2.45, 2.75) is 6.92 Å². The van der Waals surface area contributed by atoms with E-state index in [1.807, 2.05) is 37.3 Å². The van der Waals surface area contributed by atoms with Gasteiger partial charge in [-0.3, -0.25) is 4.98 Å². The van der Waals surface area contributed by atoms with E-state index in [1.165, 1.54) is 13.3 Å². The number of pyridine rings is 1. The van der Waals surface area contributed by atoms with Crippen LogP contribution in [0.15, 0.2) is 36.5 Å². The number of nitrogens with zero attached hydrogens (tertiary/aromatic N) is 1. The van der Waals surface area contributed by atoms with Crippen LogP contribution in [0.2, 0.25) is 0 Å². The predicted molar refractivity (Wildman–Crippen MR) is 72.3 cm³/mol. The third kappa shape index (κ3) is 2.57. The molecule has 1 heterocycles. The summed E-state index contributed by atoms with van der Waals surface area (Å²) in [5, 5.41) is 0. The molecule has 98 valence electrons. The van der Waals surface area contributed by atoms with Crippen LogP contribution in [0.4, 0.5) is 0 Å². The quantitative estimate of drug-likeness (QED) is 0.793. The van der Waals surface area contributed by atoms with Gasteiger partial charge in [-0.05, 0) is 19.1 Å². The van der Waals surface area contributed by atoms with Crippen molar-refractivity contribution in [2.24, 2.45) is 0 Å². The molecule has 0 aliphatic heterocycles. The van der Waals surface area contributed by atoms with Gasteiger partial charge in [0.05, 0.1) is 19.8 Å². The average Bonchev–Trinajstić information content (AvgIpc) is 2.46. The number of aromatic nitrogens is 1. The molecule has 2 aromatic rings. The van der Waals surface area contributed by atoms with Crippen molar-refractivity contribution in [1.29, 1.82) is 0 Å². The van der Waals surface area contributed by atoms with Gasteiger partial charge in [0.1, 0.15) is 5.75 Å². The van der Waals surface area contributed by atoms with Crippen molar-refractivity contribution < 1.29 is 14.3 Å². The highest BCUT2D eigenvalue weighted by Gasteiger charge is 2.16. The maximum atomic E-state index is 11.8. The Morgan fingerprint density at radius 2 is 1.89 bits per heavy atom. The van der Waals surface area contributed by atoms with E-state index in [-0.39, 0.29) is 0 Å². The number of benzene rings is 1. The van der Waals surface area contributed by atoms with Crippen LogP contribution in [0.25, 0.3) is 11.1 Å². The van der Waals surface area contributed by atoms with Crippen LogP contribution in [-0.2, 0) is 4.74 Å². The number of ether oxygens (including phenoxy) is 2. The van der Waals surface area contributed by atoms with Crippen LogP contribution in [0.1, 0.15) is 16.1 Å². The second kappa shape index (κ2) is 5.52. The molecule has 0 atom stereocenters. The minimum absolute atomic E-state index is 0.409. The first-order chi connectivity index (χ1) is 9.17. The summed E-state index contributed by atoms with van der Waals surface area (Å²) in [7, 11) is 2.96. The van der Waals surface area contributed by atoms with Crippen molar-refractivity contribution in [3.63, 3.8) is 0 Å². The molecule has 19 heavy (non-hydrogen) atoms. The molecule has 4 heteroatoms. The summed E-state index contributed by atoms with van der Waals surface area (Å²) in [6.45, 7) is 1.87. The first-order valence-corrected chi connectivity index (χ1v) is 5.85. The predicted octanol–water partition coefficient (Wildman–Crippen LogP) is 2.85. The van der Waals surface area contributed by atoms with Gasteiger partial charge in [0.15, 0.2) is 0 Å². The van der Waals surface area contributed by atoms with E-state index < -0.39 is 5.97 Å². The van der Waals surface area contributed by atoms with Crippen molar-refractivity contribution in [1.82, 2.24) is 4.98 Å². The van der Waals surface area contributed by atoms with E-state index in [9.17, 15) is 4.79 Å². The summed E-state index contributed by atoms with van der Waals surface area (Å²) in [6.07, 6.45) is 1.53. The fraction of sp³-hybridized carbons (Fsp3) is 0.200. The second-order valence-corrected chi connectivity index (χ2v) is 4.06. The van der Waals surface area contributed by atoms with Crippen LogP contribution in [-0.4, -0.2) is 25.2 Å². The molecule has 0 N–H and O–H groups in total. The number of carbonyl (C=O) groups is 1. The molecule has 1 aromatic carbocycles. The lowest BCUT2D eigenvalue weighted by Gasteiger charge is -2.12. The zero-order chi connectivity index (χ0) is 13.8. The molecule has 0 aliphatic rings. The number of carbonyl (C=O) groups excluding carboxylic acids is 1. The van der Waals surface area contributed by atoms with Gasteiger partial charge in [-0.2, -0.15) is 0 Å². The monoisotopic (exact) mass is 257 g/mol. The molecule has 0 saturated carbocycles. The molecule has 0 saturated heterocycles. The highest BCUT2D eigenvalue weighted by molar-refractivity contribution is 5.97. The molecule has 0 bridgehead atoms. The molecule has 0 unspecified atom stereocenters. The topological polar surface area (TPSA) is 48.4 Å². The summed E-state index contributed by atoms with van der Waals surface area (Å²) in [6, 6.07) is 9.39. The Labute approximate surface area is 112 Å². The maximum Gasteiger partial charge on any atom is 0.340 e. The van der Waals surface area contributed by atoms with Gasteiger partial charge >= 0.3 is 5.97 Å². The number of rotatable bonds is 3. The van der Waals surface area contributed by atoms with E-state index in [2.05, 4.69) is 4.98 Å². The zero-order valence-electron chi connectivity index (χ0n) is 11.1. The second-order valence-electron chi connectivity index (χ2n) is 4.06. The van der Waals surface area contributed by atoms with Crippen LogP contribution in [0.3, 0.4) is 0 Å². The average molecular weight is 257 g/mol. The van der Waals surface area contributed by atoms with Gasteiger partial charge in [-0.25, -0.2) is 4.79 Å². The fourth-order valence-corrected chi connectivity index (χ4v) is 1.92. The first-order valence-electron chi connectivity index (χ1n) is 5.85. The normalized spacial score (nSPS) is 10.1. The Morgan fingerprint density at radius 1 is 1.16 bits per heavy atom. The SMILES string of the molecule is COC(=O)c1cnc(C)cc1-c1ccccc1OC. The highest BCUT2D eigenvalue weighted by atomic mass is 16.5. The summed E-state index contributed by atoms with van der Waals surface area (Å²) in [5.74, 6) is 0.298. The zero-order valence-corrected chi connectivity index (χ0v) is 11.1. The minimum atomic E-state index is -0.409. The van der Waals surface area contributed by atoms with E-state index in [0.29, 0.717) is 11.3 Å². The minimum Gasteiger partial charge on any atom is -0.496 e. The van der Waals surface area contributed by atoms with Gasteiger partial charge in [0, 0.05) is 23.0 Å². The number of methoxy groups -OCH3 is 2. The molecular formula is C15H15NO3. The van der Waals surface area contributed by atoms with Crippen LogP contribution in [0, 0.1) is 6.92 Å². The molecule has 0 fully saturated rings. The number of esters is 1. The summed E-state index contributed by atoms with van der Waals surface area (Å²) in [5.41, 5.74) is 2.86. The Hall–Kier alpha value is -2.36. The van der Waals surface area contributed by atoms with Crippen molar-refractivity contribution in [3.8, 4) is 16.9 Å². The molecule has 4 nitrogen and oxygen atoms in total. The molecular weight excluding hydrogens is 242 g/mol. The molecule has 0 spiro atoms. The number of aryl methyl sites for hydroxylation is 1. The van der Waals surface area contributed by atoms with Crippen molar-refractivity contribution >= 4 is 5.97 Å². The molecule has 0 amide bonds. The summed E-state index contributed by atoms with van der Waals surface area (Å²) < 4.78 is 10.1. The lowest BCUT2D eigenvalue weighted by atomic mass is 10.00. The van der Waals surface area contributed by atoms with E-state index in [1.54, 1.807) is 7.11 Å². The van der Waals surface area contributed by atoms with E-state index in [0.717, 1.165) is 16.8 Å². The Bertz CT molecular complexity index is 608.